The zero-order valence-electron chi connectivity index (χ0n) is 9.00. The summed E-state index contributed by atoms with van der Waals surface area (Å²) in [6.45, 7) is 2.98. The number of hydrogen-bond donors (Lipinski definition) is 1. The van der Waals surface area contributed by atoms with Crippen molar-refractivity contribution < 1.29 is 4.74 Å². The largest absolute Gasteiger partial charge is 0.497 e. The van der Waals surface area contributed by atoms with Gasteiger partial charge in [-0.1, -0.05) is 18.2 Å². The highest BCUT2D eigenvalue weighted by Crippen LogP contribution is 2.17. The van der Waals surface area contributed by atoms with E-state index < -0.39 is 0 Å². The van der Waals surface area contributed by atoms with Crippen molar-refractivity contribution in [1.29, 1.82) is 0 Å². The second-order valence-corrected chi connectivity index (χ2v) is 3.18. The third-order valence-electron chi connectivity index (χ3n) is 2.10. The molecular formula is C12H17NO. The molecule has 0 saturated carbocycles. The Balaban J connectivity index is 2.78. The number of benzene rings is 1. The summed E-state index contributed by atoms with van der Waals surface area (Å²) in [5, 5.41) is 3.07. The summed E-state index contributed by atoms with van der Waals surface area (Å²) in [5.74, 6) is 0.910. The van der Waals surface area contributed by atoms with E-state index >= 15 is 0 Å². The number of methoxy groups -OCH3 is 1. The minimum absolute atomic E-state index is 0.894. The maximum absolute atomic E-state index is 5.14. The average molecular weight is 191 g/mol. The molecule has 1 rings (SSSR count). The molecule has 0 fully saturated rings. The molecule has 0 spiro atoms. The lowest BCUT2D eigenvalue weighted by atomic mass is 10.1. The number of rotatable bonds is 4. The van der Waals surface area contributed by atoms with Crippen LogP contribution in [0.2, 0.25) is 0 Å². The SMILES string of the molecule is CNCC=Cc1ccc(OC)cc1C. The number of aryl methyl sites for hydroxylation is 1. The zero-order chi connectivity index (χ0) is 10.4. The molecule has 0 radical (unpaired) electrons. The highest BCUT2D eigenvalue weighted by atomic mass is 16.5. The minimum atomic E-state index is 0.894. The second kappa shape index (κ2) is 5.45. The lowest BCUT2D eigenvalue weighted by molar-refractivity contribution is 0.414. The molecule has 0 unspecified atom stereocenters. The van der Waals surface area contributed by atoms with E-state index in [4.69, 9.17) is 4.74 Å². The predicted octanol–water partition coefficient (Wildman–Crippen LogP) is 2.24. The fourth-order valence-electron chi connectivity index (χ4n) is 1.27. The summed E-state index contributed by atoms with van der Waals surface area (Å²) in [6, 6.07) is 6.09. The van der Waals surface area contributed by atoms with E-state index in [-0.39, 0.29) is 0 Å². The molecule has 0 saturated heterocycles. The quantitative estimate of drug-likeness (QED) is 0.788. The van der Waals surface area contributed by atoms with E-state index in [1.54, 1.807) is 7.11 Å². The Labute approximate surface area is 85.6 Å². The highest BCUT2D eigenvalue weighted by Gasteiger charge is 1.95. The van der Waals surface area contributed by atoms with E-state index in [0.29, 0.717) is 0 Å². The monoisotopic (exact) mass is 191 g/mol. The van der Waals surface area contributed by atoms with E-state index in [1.165, 1.54) is 11.1 Å². The van der Waals surface area contributed by atoms with Gasteiger partial charge in [-0.05, 0) is 37.2 Å². The summed E-state index contributed by atoms with van der Waals surface area (Å²) in [6.07, 6.45) is 4.22. The Bertz CT molecular complexity index is 318. The smallest absolute Gasteiger partial charge is 0.119 e. The van der Waals surface area contributed by atoms with Gasteiger partial charge in [0.1, 0.15) is 5.75 Å². The number of likely N-dealkylation sites (N-methyl/N-ethyl adjacent to an activating group) is 1. The van der Waals surface area contributed by atoms with Crippen LogP contribution in [-0.2, 0) is 0 Å². The van der Waals surface area contributed by atoms with Gasteiger partial charge in [-0.3, -0.25) is 0 Å². The molecule has 0 heterocycles. The Morgan fingerprint density at radius 3 is 2.79 bits per heavy atom. The summed E-state index contributed by atoms with van der Waals surface area (Å²) in [4.78, 5) is 0. The third kappa shape index (κ3) is 2.89. The lowest BCUT2D eigenvalue weighted by Crippen LogP contribution is -2.03. The first-order valence-corrected chi connectivity index (χ1v) is 4.73. The lowest BCUT2D eigenvalue weighted by Gasteiger charge is -2.04. The third-order valence-corrected chi connectivity index (χ3v) is 2.10. The summed E-state index contributed by atoms with van der Waals surface area (Å²) in [5.41, 5.74) is 2.47. The fraction of sp³-hybridized carbons (Fsp3) is 0.333. The van der Waals surface area contributed by atoms with Crippen molar-refractivity contribution in [2.75, 3.05) is 20.7 Å². The molecule has 2 nitrogen and oxygen atoms in total. The zero-order valence-corrected chi connectivity index (χ0v) is 9.00. The summed E-state index contributed by atoms with van der Waals surface area (Å²) >= 11 is 0. The minimum Gasteiger partial charge on any atom is -0.497 e. The van der Waals surface area contributed by atoms with Gasteiger partial charge < -0.3 is 10.1 Å². The van der Waals surface area contributed by atoms with Crippen LogP contribution < -0.4 is 10.1 Å². The van der Waals surface area contributed by atoms with Crippen molar-refractivity contribution in [2.45, 2.75) is 6.92 Å². The van der Waals surface area contributed by atoms with Gasteiger partial charge in [0.2, 0.25) is 0 Å². The Morgan fingerprint density at radius 2 is 2.21 bits per heavy atom. The molecule has 1 aromatic rings. The maximum atomic E-state index is 5.14. The van der Waals surface area contributed by atoms with Gasteiger partial charge in [-0.25, -0.2) is 0 Å². The van der Waals surface area contributed by atoms with Crippen LogP contribution in [0.3, 0.4) is 0 Å². The molecule has 0 aromatic heterocycles. The Hall–Kier alpha value is -1.28. The highest BCUT2D eigenvalue weighted by molar-refractivity contribution is 5.55. The first kappa shape index (κ1) is 10.8. The van der Waals surface area contributed by atoms with Crippen molar-refractivity contribution in [3.63, 3.8) is 0 Å². The molecule has 1 N–H and O–H groups in total. The molecule has 0 bridgehead atoms. The summed E-state index contributed by atoms with van der Waals surface area (Å²) in [7, 11) is 3.62. The first-order valence-electron chi connectivity index (χ1n) is 4.73. The number of nitrogens with one attached hydrogen (secondary N) is 1. The average Bonchev–Trinajstić information content (AvgIpc) is 2.20. The molecule has 2 heteroatoms. The van der Waals surface area contributed by atoms with Crippen molar-refractivity contribution in [1.82, 2.24) is 5.32 Å². The van der Waals surface area contributed by atoms with Crippen molar-refractivity contribution in [3.8, 4) is 5.75 Å². The topological polar surface area (TPSA) is 21.3 Å². The van der Waals surface area contributed by atoms with Crippen LogP contribution in [-0.4, -0.2) is 20.7 Å². The van der Waals surface area contributed by atoms with Gasteiger partial charge in [0, 0.05) is 6.54 Å². The fourth-order valence-corrected chi connectivity index (χ4v) is 1.27. The van der Waals surface area contributed by atoms with Gasteiger partial charge >= 0.3 is 0 Å². The van der Waals surface area contributed by atoms with Crippen molar-refractivity contribution >= 4 is 6.08 Å². The van der Waals surface area contributed by atoms with Crippen LogP contribution in [0.5, 0.6) is 5.75 Å². The normalized spacial score (nSPS) is 10.8. The van der Waals surface area contributed by atoms with Crippen LogP contribution in [0.15, 0.2) is 24.3 Å². The molecule has 14 heavy (non-hydrogen) atoms. The van der Waals surface area contributed by atoms with Gasteiger partial charge in [0.25, 0.3) is 0 Å². The van der Waals surface area contributed by atoms with Gasteiger partial charge in [-0.15, -0.1) is 0 Å². The molecule has 0 atom stereocenters. The number of ether oxygens (including phenoxy) is 1. The van der Waals surface area contributed by atoms with Gasteiger partial charge in [0.15, 0.2) is 0 Å². The molecule has 1 aromatic carbocycles. The van der Waals surface area contributed by atoms with E-state index in [1.807, 2.05) is 19.2 Å². The molecule has 0 aliphatic heterocycles. The van der Waals surface area contributed by atoms with Crippen LogP contribution in [0.25, 0.3) is 6.08 Å². The van der Waals surface area contributed by atoms with Crippen LogP contribution >= 0.6 is 0 Å². The van der Waals surface area contributed by atoms with Gasteiger partial charge in [-0.2, -0.15) is 0 Å². The predicted molar refractivity (Wildman–Crippen MR) is 60.7 cm³/mol. The van der Waals surface area contributed by atoms with Crippen LogP contribution in [0.1, 0.15) is 11.1 Å². The summed E-state index contributed by atoms with van der Waals surface area (Å²) < 4.78 is 5.14. The second-order valence-electron chi connectivity index (χ2n) is 3.18. The molecular weight excluding hydrogens is 174 g/mol. The van der Waals surface area contributed by atoms with E-state index in [9.17, 15) is 0 Å². The Morgan fingerprint density at radius 1 is 1.43 bits per heavy atom. The van der Waals surface area contributed by atoms with Crippen LogP contribution in [0, 0.1) is 6.92 Å². The molecule has 0 aliphatic rings. The molecule has 0 aliphatic carbocycles. The van der Waals surface area contributed by atoms with E-state index in [0.717, 1.165) is 12.3 Å². The van der Waals surface area contributed by atoms with Crippen LogP contribution in [0.4, 0.5) is 0 Å². The molecule has 76 valence electrons. The molecule has 0 amide bonds. The Kier molecular flexibility index (Phi) is 4.20. The van der Waals surface area contributed by atoms with E-state index in [2.05, 4.69) is 30.5 Å². The van der Waals surface area contributed by atoms with Crippen molar-refractivity contribution in [3.05, 3.63) is 35.4 Å². The van der Waals surface area contributed by atoms with Gasteiger partial charge in [0.05, 0.1) is 7.11 Å². The van der Waals surface area contributed by atoms with Crippen molar-refractivity contribution in [2.24, 2.45) is 0 Å². The number of hydrogen-bond acceptors (Lipinski definition) is 2. The first-order chi connectivity index (χ1) is 6.77. The standard InChI is InChI=1S/C12H17NO/c1-10-9-12(14-3)7-6-11(10)5-4-8-13-2/h4-7,9,13H,8H2,1-3H3. The maximum Gasteiger partial charge on any atom is 0.119 e.